The number of carbonyl (C=O) groups excluding carboxylic acids is 1. The van der Waals surface area contributed by atoms with Gasteiger partial charge >= 0.3 is 0 Å². The summed E-state index contributed by atoms with van der Waals surface area (Å²) >= 11 is 1.33. The average molecular weight is 384 g/mol. The minimum atomic E-state index is -0.156. The predicted molar refractivity (Wildman–Crippen MR) is 115 cm³/mol. The van der Waals surface area contributed by atoms with Crippen molar-refractivity contribution in [1.82, 2.24) is 14.9 Å². The quantitative estimate of drug-likeness (QED) is 0.513. The van der Waals surface area contributed by atoms with Crippen LogP contribution in [0, 0.1) is 0 Å². The zero-order chi connectivity index (χ0) is 19.1. The van der Waals surface area contributed by atoms with E-state index >= 15 is 0 Å². The number of aryl methyl sites for hydroxylation is 1. The molecule has 0 saturated carbocycles. The van der Waals surface area contributed by atoms with Gasteiger partial charge in [-0.3, -0.25) is 4.79 Å². The van der Waals surface area contributed by atoms with Crippen LogP contribution in [0.3, 0.4) is 0 Å². The van der Waals surface area contributed by atoms with E-state index in [1.54, 1.807) is 0 Å². The lowest BCUT2D eigenvalue weighted by molar-refractivity contribution is -0.115. The lowest BCUT2D eigenvalue weighted by Gasteiger charge is -2.02. The Bertz CT molecular complexity index is 1300. The number of nitrogens with zero attached hydrogens (tertiary/aromatic N) is 3. The van der Waals surface area contributed by atoms with E-state index < -0.39 is 0 Å². The molecular weight excluding hydrogens is 368 g/mol. The van der Waals surface area contributed by atoms with Gasteiger partial charge in [0.2, 0.25) is 0 Å². The Balaban J connectivity index is 1.51. The Morgan fingerprint density at radius 3 is 2.71 bits per heavy atom. The van der Waals surface area contributed by atoms with Gasteiger partial charge in [-0.1, -0.05) is 48.5 Å². The molecule has 1 N–H and O–H groups in total. The van der Waals surface area contributed by atoms with Gasteiger partial charge in [0.1, 0.15) is 5.82 Å². The number of rotatable bonds is 2. The van der Waals surface area contributed by atoms with Crippen LogP contribution in [0.25, 0.3) is 27.9 Å². The van der Waals surface area contributed by atoms with Gasteiger partial charge in [-0.25, -0.2) is 9.98 Å². The zero-order valence-electron chi connectivity index (χ0n) is 15.1. The molecule has 0 unspecified atom stereocenters. The van der Waals surface area contributed by atoms with E-state index in [0.717, 1.165) is 33.3 Å². The topological polar surface area (TPSA) is 59.3 Å². The van der Waals surface area contributed by atoms with Crippen molar-refractivity contribution in [3.05, 3.63) is 77.5 Å². The number of para-hydroxylation sites is 2. The van der Waals surface area contributed by atoms with Crippen molar-refractivity contribution in [1.29, 1.82) is 0 Å². The molecule has 136 valence electrons. The number of carbonyl (C=O) groups is 1. The summed E-state index contributed by atoms with van der Waals surface area (Å²) in [5.74, 6) is 0.585. The molecule has 0 atom stereocenters. The number of benzene rings is 3. The number of nitrogens with one attached hydrogen (secondary N) is 1. The van der Waals surface area contributed by atoms with Gasteiger partial charge in [-0.15, -0.1) is 0 Å². The first-order valence-corrected chi connectivity index (χ1v) is 9.69. The minimum Gasteiger partial charge on any atom is -0.328 e. The van der Waals surface area contributed by atoms with Gasteiger partial charge in [0.15, 0.2) is 5.17 Å². The molecule has 6 heteroatoms. The first-order valence-electron chi connectivity index (χ1n) is 8.88. The number of hydrogen-bond donors (Lipinski definition) is 1. The van der Waals surface area contributed by atoms with E-state index in [4.69, 9.17) is 0 Å². The highest BCUT2D eigenvalue weighted by atomic mass is 32.2. The van der Waals surface area contributed by atoms with Crippen LogP contribution in [0.15, 0.2) is 76.6 Å². The van der Waals surface area contributed by atoms with Crippen LogP contribution >= 0.6 is 11.8 Å². The molecule has 1 amide bonds. The molecule has 1 fully saturated rings. The molecule has 1 aromatic heterocycles. The van der Waals surface area contributed by atoms with Crippen LogP contribution in [0.5, 0.6) is 0 Å². The van der Waals surface area contributed by atoms with E-state index in [1.165, 1.54) is 11.8 Å². The zero-order valence-corrected chi connectivity index (χ0v) is 15.9. The molecule has 5 nitrogen and oxygen atoms in total. The fourth-order valence-electron chi connectivity index (χ4n) is 3.31. The van der Waals surface area contributed by atoms with Crippen LogP contribution in [0.1, 0.15) is 5.82 Å². The molecule has 1 aliphatic heterocycles. The maximum absolute atomic E-state index is 12.5. The summed E-state index contributed by atoms with van der Waals surface area (Å²) in [4.78, 5) is 22.3. The highest BCUT2D eigenvalue weighted by Crippen LogP contribution is 2.31. The number of aromatic nitrogens is 2. The van der Waals surface area contributed by atoms with E-state index in [1.807, 2.05) is 72.3 Å². The lowest BCUT2D eigenvalue weighted by Crippen LogP contribution is -2.19. The van der Waals surface area contributed by atoms with Crippen molar-refractivity contribution in [2.24, 2.45) is 12.0 Å². The van der Waals surface area contributed by atoms with Gasteiger partial charge in [0, 0.05) is 18.5 Å². The first kappa shape index (κ1) is 16.8. The third-order valence-electron chi connectivity index (χ3n) is 4.72. The molecule has 3 aromatic carbocycles. The third-order valence-corrected chi connectivity index (χ3v) is 5.63. The lowest BCUT2D eigenvalue weighted by atomic mass is 10.1. The normalized spacial score (nSPS) is 17.1. The summed E-state index contributed by atoms with van der Waals surface area (Å²) in [6.07, 6.45) is 1.81. The number of amidine groups is 1. The van der Waals surface area contributed by atoms with Crippen LogP contribution in [0.4, 0.5) is 5.69 Å². The van der Waals surface area contributed by atoms with E-state index in [9.17, 15) is 4.79 Å². The number of hydrogen-bond acceptors (Lipinski definition) is 4. The highest BCUT2D eigenvalue weighted by Gasteiger charge is 2.25. The summed E-state index contributed by atoms with van der Waals surface area (Å²) in [5, 5.41) is 5.61. The van der Waals surface area contributed by atoms with Gasteiger partial charge in [-0.2, -0.15) is 0 Å². The summed E-state index contributed by atoms with van der Waals surface area (Å²) in [6.45, 7) is 0. The van der Waals surface area contributed by atoms with Crippen molar-refractivity contribution < 1.29 is 4.79 Å². The summed E-state index contributed by atoms with van der Waals surface area (Å²) in [6, 6.07) is 22.0. The van der Waals surface area contributed by atoms with E-state index in [2.05, 4.69) is 27.4 Å². The standard InChI is InChI=1S/C22H16N4OS/c1-26-18-12-5-4-10-17(18)23-20(26)13-19-21(27)25-22(28-19)24-16-11-6-8-14-7-2-3-9-15(14)16/h2-13H,1H3,(H,24,25,27)/b19-13+. The Morgan fingerprint density at radius 2 is 1.82 bits per heavy atom. The number of amides is 1. The number of thioether (sulfide) groups is 1. The molecule has 0 radical (unpaired) electrons. The van der Waals surface area contributed by atoms with Crippen molar-refractivity contribution >= 4 is 56.4 Å². The van der Waals surface area contributed by atoms with Crippen LogP contribution in [0.2, 0.25) is 0 Å². The summed E-state index contributed by atoms with van der Waals surface area (Å²) in [7, 11) is 1.95. The Kier molecular flexibility index (Phi) is 3.98. The SMILES string of the molecule is Cn1c(/C=C2/SC(=Nc3cccc4ccccc34)NC2=O)nc2ccccc21. The van der Waals surface area contributed by atoms with Crippen LogP contribution < -0.4 is 5.32 Å². The van der Waals surface area contributed by atoms with Crippen molar-refractivity contribution in [2.45, 2.75) is 0 Å². The second-order valence-corrected chi connectivity index (χ2v) is 7.53. The fourth-order valence-corrected chi connectivity index (χ4v) is 4.11. The summed E-state index contributed by atoms with van der Waals surface area (Å²) < 4.78 is 1.98. The molecule has 2 heterocycles. The Labute approximate surface area is 165 Å². The minimum absolute atomic E-state index is 0.156. The first-order chi connectivity index (χ1) is 13.7. The molecule has 0 aliphatic carbocycles. The monoisotopic (exact) mass is 384 g/mol. The smallest absolute Gasteiger partial charge is 0.264 e. The Morgan fingerprint density at radius 1 is 1.04 bits per heavy atom. The molecular formula is C22H16N4OS. The second kappa shape index (κ2) is 6.65. The summed E-state index contributed by atoms with van der Waals surface area (Å²) in [5.41, 5.74) is 2.78. The number of aliphatic imine (C=N–C) groups is 1. The molecule has 5 rings (SSSR count). The predicted octanol–water partition coefficient (Wildman–Crippen LogP) is 4.62. The van der Waals surface area contributed by atoms with Gasteiger partial charge in [0.05, 0.1) is 21.6 Å². The van der Waals surface area contributed by atoms with Crippen molar-refractivity contribution in [3.8, 4) is 0 Å². The molecule has 4 aromatic rings. The molecule has 28 heavy (non-hydrogen) atoms. The van der Waals surface area contributed by atoms with Crippen LogP contribution in [-0.4, -0.2) is 20.6 Å². The third kappa shape index (κ3) is 2.88. The van der Waals surface area contributed by atoms with Crippen molar-refractivity contribution in [3.63, 3.8) is 0 Å². The van der Waals surface area contributed by atoms with Gasteiger partial charge < -0.3 is 9.88 Å². The highest BCUT2D eigenvalue weighted by molar-refractivity contribution is 8.18. The molecule has 0 spiro atoms. The van der Waals surface area contributed by atoms with Crippen molar-refractivity contribution in [2.75, 3.05) is 0 Å². The van der Waals surface area contributed by atoms with Crippen LogP contribution in [-0.2, 0) is 11.8 Å². The van der Waals surface area contributed by atoms with E-state index in [-0.39, 0.29) is 5.91 Å². The average Bonchev–Trinajstić information content (AvgIpc) is 3.22. The molecule has 0 bridgehead atoms. The maximum Gasteiger partial charge on any atom is 0.264 e. The van der Waals surface area contributed by atoms with E-state index in [0.29, 0.717) is 10.1 Å². The van der Waals surface area contributed by atoms with Gasteiger partial charge in [-0.05, 0) is 35.3 Å². The Hall–Kier alpha value is -3.38. The fraction of sp³-hybridized carbons (Fsp3) is 0.0455. The second-order valence-electron chi connectivity index (χ2n) is 6.50. The van der Waals surface area contributed by atoms with Gasteiger partial charge in [0.25, 0.3) is 5.91 Å². The number of fused-ring (bicyclic) bond motifs is 2. The largest absolute Gasteiger partial charge is 0.328 e. The number of imidazole rings is 1. The molecule has 1 saturated heterocycles. The maximum atomic E-state index is 12.5. The molecule has 1 aliphatic rings.